The lowest BCUT2D eigenvalue weighted by atomic mass is 10.2. The van der Waals surface area contributed by atoms with Crippen LogP contribution < -0.4 is 0 Å². The maximum Gasteiger partial charge on any atom is 0.335 e. The molecule has 6 heteroatoms. The average molecular weight is 409 g/mol. The zero-order valence-corrected chi connectivity index (χ0v) is 16.9. The van der Waals surface area contributed by atoms with E-state index in [9.17, 15) is 9.90 Å². The Kier molecular flexibility index (Phi) is 4.87. The maximum atomic E-state index is 11.3. The van der Waals surface area contributed by atoms with Gasteiger partial charge in [0.25, 0.3) is 0 Å². The molecule has 0 radical (unpaired) electrons. The third kappa shape index (κ3) is 3.39. The molecule has 1 N–H and O–H groups in total. The SMILES string of the molecule is Cc1ccc(-n2c(C)c(Sc3cccc(C(=O)O)c3)c3ccc(Cl)cc32)cn1. The molecule has 0 spiro atoms. The van der Waals surface area contributed by atoms with Crippen LogP contribution in [-0.2, 0) is 0 Å². The zero-order chi connectivity index (χ0) is 19.8. The molecule has 0 aliphatic rings. The molecule has 2 heterocycles. The summed E-state index contributed by atoms with van der Waals surface area (Å²) >= 11 is 7.83. The summed E-state index contributed by atoms with van der Waals surface area (Å²) < 4.78 is 2.14. The molecule has 2 aromatic carbocycles. The van der Waals surface area contributed by atoms with Crippen molar-refractivity contribution in [2.24, 2.45) is 0 Å². The van der Waals surface area contributed by atoms with Crippen LogP contribution in [0, 0.1) is 13.8 Å². The third-order valence-corrected chi connectivity index (χ3v) is 6.01. The Balaban J connectivity index is 1.90. The minimum atomic E-state index is -0.931. The van der Waals surface area contributed by atoms with Crippen molar-refractivity contribution in [2.75, 3.05) is 0 Å². The van der Waals surface area contributed by atoms with Crippen molar-refractivity contribution in [2.45, 2.75) is 23.6 Å². The number of fused-ring (bicyclic) bond motifs is 1. The molecule has 4 rings (SSSR count). The molecule has 2 aromatic heterocycles. The van der Waals surface area contributed by atoms with Gasteiger partial charge in [0.15, 0.2) is 0 Å². The van der Waals surface area contributed by atoms with Gasteiger partial charge in [0.05, 0.1) is 23.0 Å². The molecule has 0 atom stereocenters. The van der Waals surface area contributed by atoms with Gasteiger partial charge in [-0.15, -0.1) is 0 Å². The Hall–Kier alpha value is -2.76. The van der Waals surface area contributed by atoms with Gasteiger partial charge in [0, 0.05) is 31.6 Å². The van der Waals surface area contributed by atoms with E-state index in [1.165, 1.54) is 0 Å². The van der Waals surface area contributed by atoms with Crippen LogP contribution >= 0.6 is 23.4 Å². The van der Waals surface area contributed by atoms with Crippen molar-refractivity contribution in [3.8, 4) is 5.69 Å². The van der Waals surface area contributed by atoms with E-state index in [2.05, 4.69) is 16.5 Å². The second-order valence-electron chi connectivity index (χ2n) is 6.50. The maximum absolute atomic E-state index is 11.3. The van der Waals surface area contributed by atoms with E-state index in [4.69, 9.17) is 11.6 Å². The van der Waals surface area contributed by atoms with Crippen LogP contribution in [0.25, 0.3) is 16.6 Å². The highest BCUT2D eigenvalue weighted by atomic mass is 35.5. The number of nitrogens with zero attached hydrogens (tertiary/aromatic N) is 2. The van der Waals surface area contributed by atoms with E-state index in [1.807, 2.05) is 49.5 Å². The van der Waals surface area contributed by atoms with E-state index in [0.29, 0.717) is 5.02 Å². The first-order valence-electron chi connectivity index (χ1n) is 8.69. The molecule has 4 aromatic rings. The first kappa shape index (κ1) is 18.6. The number of aromatic nitrogens is 2. The zero-order valence-electron chi connectivity index (χ0n) is 15.3. The fraction of sp³-hybridized carbons (Fsp3) is 0.0909. The van der Waals surface area contributed by atoms with Gasteiger partial charge in [0.2, 0.25) is 0 Å². The number of hydrogen-bond donors (Lipinski definition) is 1. The quantitative estimate of drug-likeness (QED) is 0.440. The summed E-state index contributed by atoms with van der Waals surface area (Å²) in [6.45, 7) is 4.01. The molecule has 140 valence electrons. The summed E-state index contributed by atoms with van der Waals surface area (Å²) in [4.78, 5) is 17.7. The number of benzene rings is 2. The number of carboxylic acids is 1. The molecule has 4 nitrogen and oxygen atoms in total. The molecule has 0 unspecified atom stereocenters. The minimum Gasteiger partial charge on any atom is -0.478 e. The van der Waals surface area contributed by atoms with Crippen LogP contribution in [0.3, 0.4) is 0 Å². The molecule has 0 saturated heterocycles. The second-order valence-corrected chi connectivity index (χ2v) is 8.02. The van der Waals surface area contributed by atoms with E-state index >= 15 is 0 Å². The van der Waals surface area contributed by atoms with Crippen molar-refractivity contribution in [1.82, 2.24) is 9.55 Å². The highest BCUT2D eigenvalue weighted by Gasteiger charge is 2.17. The first-order chi connectivity index (χ1) is 13.4. The monoisotopic (exact) mass is 408 g/mol. The fourth-order valence-corrected chi connectivity index (χ4v) is 4.48. The van der Waals surface area contributed by atoms with Gasteiger partial charge >= 0.3 is 5.97 Å². The number of carbonyl (C=O) groups is 1. The van der Waals surface area contributed by atoms with Gasteiger partial charge in [-0.3, -0.25) is 4.98 Å². The number of rotatable bonds is 4. The van der Waals surface area contributed by atoms with Gasteiger partial charge in [-0.25, -0.2) is 4.79 Å². The molecular weight excluding hydrogens is 392 g/mol. The summed E-state index contributed by atoms with van der Waals surface area (Å²) in [7, 11) is 0. The van der Waals surface area contributed by atoms with Crippen molar-refractivity contribution in [1.29, 1.82) is 0 Å². The highest BCUT2D eigenvalue weighted by Crippen LogP contribution is 2.40. The van der Waals surface area contributed by atoms with Crippen LogP contribution in [0.4, 0.5) is 0 Å². The van der Waals surface area contributed by atoms with E-state index in [-0.39, 0.29) is 5.56 Å². The molecule has 0 fully saturated rings. The molecule has 0 saturated carbocycles. The van der Waals surface area contributed by atoms with Crippen molar-refractivity contribution >= 4 is 40.2 Å². The lowest BCUT2D eigenvalue weighted by Gasteiger charge is -2.09. The van der Waals surface area contributed by atoms with Gasteiger partial charge in [-0.05, 0) is 56.3 Å². The smallest absolute Gasteiger partial charge is 0.335 e. The Bertz CT molecular complexity index is 1200. The molecule has 0 amide bonds. The highest BCUT2D eigenvalue weighted by molar-refractivity contribution is 7.99. The number of halogens is 1. The Morgan fingerprint density at radius 1 is 1.11 bits per heavy atom. The van der Waals surface area contributed by atoms with Crippen LogP contribution in [0.2, 0.25) is 5.02 Å². The van der Waals surface area contributed by atoms with Gasteiger partial charge in [-0.2, -0.15) is 0 Å². The number of aryl methyl sites for hydroxylation is 1. The third-order valence-electron chi connectivity index (χ3n) is 4.56. The Morgan fingerprint density at radius 3 is 2.64 bits per heavy atom. The van der Waals surface area contributed by atoms with E-state index in [1.54, 1.807) is 30.0 Å². The molecular formula is C22H17ClN2O2S. The Labute approximate surface area is 171 Å². The fourth-order valence-electron chi connectivity index (χ4n) is 3.22. The van der Waals surface area contributed by atoms with Crippen LogP contribution in [0.1, 0.15) is 21.7 Å². The van der Waals surface area contributed by atoms with Crippen LogP contribution in [-0.4, -0.2) is 20.6 Å². The summed E-state index contributed by atoms with van der Waals surface area (Å²) in [5.41, 5.74) is 4.23. The summed E-state index contributed by atoms with van der Waals surface area (Å²) in [6.07, 6.45) is 1.85. The largest absolute Gasteiger partial charge is 0.478 e. The van der Waals surface area contributed by atoms with Gasteiger partial charge in [0.1, 0.15) is 0 Å². The Morgan fingerprint density at radius 2 is 1.93 bits per heavy atom. The summed E-state index contributed by atoms with van der Waals surface area (Å²) in [6, 6.07) is 16.8. The van der Waals surface area contributed by atoms with Gasteiger partial charge < -0.3 is 9.67 Å². The average Bonchev–Trinajstić information content (AvgIpc) is 2.94. The standard InChI is InChI=1S/C22H17ClN2O2S/c1-13-6-8-17(12-24-13)25-14(2)21(19-9-7-16(23)11-20(19)25)28-18-5-3-4-15(10-18)22(26)27/h3-12H,1-2H3,(H,26,27). The van der Waals surface area contributed by atoms with E-state index < -0.39 is 5.97 Å². The predicted molar refractivity (Wildman–Crippen MR) is 113 cm³/mol. The van der Waals surface area contributed by atoms with Crippen molar-refractivity contribution < 1.29 is 9.90 Å². The molecule has 0 aliphatic carbocycles. The van der Waals surface area contributed by atoms with Crippen LogP contribution in [0.15, 0.2) is 70.6 Å². The number of hydrogen-bond acceptors (Lipinski definition) is 3. The summed E-state index contributed by atoms with van der Waals surface area (Å²) in [5, 5.41) is 11.0. The van der Waals surface area contributed by atoms with Crippen molar-refractivity contribution in [3.63, 3.8) is 0 Å². The normalized spacial score (nSPS) is 11.1. The van der Waals surface area contributed by atoms with Crippen molar-refractivity contribution in [3.05, 3.63) is 82.8 Å². The molecule has 0 bridgehead atoms. The number of pyridine rings is 1. The number of carboxylic acid groups (broad SMARTS) is 1. The lowest BCUT2D eigenvalue weighted by molar-refractivity contribution is 0.0696. The minimum absolute atomic E-state index is 0.275. The number of aromatic carboxylic acids is 1. The van der Waals surface area contributed by atoms with Gasteiger partial charge in [-0.1, -0.05) is 35.5 Å². The lowest BCUT2D eigenvalue weighted by Crippen LogP contribution is -1.98. The topological polar surface area (TPSA) is 55.1 Å². The molecule has 28 heavy (non-hydrogen) atoms. The second kappa shape index (κ2) is 7.34. The van der Waals surface area contributed by atoms with Crippen LogP contribution in [0.5, 0.6) is 0 Å². The van der Waals surface area contributed by atoms with E-state index in [0.717, 1.165) is 37.8 Å². The molecule has 0 aliphatic heterocycles. The summed E-state index contributed by atoms with van der Waals surface area (Å²) in [5.74, 6) is -0.931. The predicted octanol–water partition coefficient (Wildman–Crippen LogP) is 6.15. The first-order valence-corrected chi connectivity index (χ1v) is 9.88.